The molecule has 1 unspecified atom stereocenters. The summed E-state index contributed by atoms with van der Waals surface area (Å²) in [5.41, 5.74) is 4.64. The normalized spacial score (nSPS) is 12.5. The molecule has 33 heavy (non-hydrogen) atoms. The molecule has 0 bridgehead atoms. The smallest absolute Gasteiger partial charge is 0.259 e. The van der Waals surface area contributed by atoms with Crippen molar-refractivity contribution in [2.24, 2.45) is 0 Å². The SMILES string of the molecule is COc1c(C(C)(C)C)cc(-c2ccc[nH]c2=O)c2ccc(-c3ccc(NS(=O)O)cc3)nc12. The van der Waals surface area contributed by atoms with Gasteiger partial charge >= 0.3 is 0 Å². The summed E-state index contributed by atoms with van der Waals surface area (Å²) in [5, 5.41) is 0.814. The van der Waals surface area contributed by atoms with Gasteiger partial charge in [0.1, 0.15) is 11.3 Å². The number of hydrogen-bond acceptors (Lipinski definition) is 4. The lowest BCUT2D eigenvalue weighted by Crippen LogP contribution is -2.15. The Labute approximate surface area is 194 Å². The zero-order valence-corrected chi connectivity index (χ0v) is 19.6. The number of pyridine rings is 2. The average Bonchev–Trinajstić information content (AvgIpc) is 2.77. The number of H-pyrrole nitrogens is 1. The quantitative estimate of drug-likeness (QED) is 0.357. The van der Waals surface area contributed by atoms with Gasteiger partial charge in [-0.25, -0.2) is 9.19 Å². The van der Waals surface area contributed by atoms with Crippen LogP contribution in [0.15, 0.2) is 65.6 Å². The van der Waals surface area contributed by atoms with Gasteiger partial charge in [-0.1, -0.05) is 32.9 Å². The van der Waals surface area contributed by atoms with Crippen molar-refractivity contribution in [3.63, 3.8) is 0 Å². The molecule has 2 aromatic heterocycles. The van der Waals surface area contributed by atoms with Gasteiger partial charge in [0.25, 0.3) is 16.8 Å². The molecule has 2 heterocycles. The summed E-state index contributed by atoms with van der Waals surface area (Å²) >= 11 is -2.13. The lowest BCUT2D eigenvalue weighted by molar-refractivity contribution is 0.402. The van der Waals surface area contributed by atoms with E-state index in [4.69, 9.17) is 14.3 Å². The largest absolute Gasteiger partial charge is 0.494 e. The van der Waals surface area contributed by atoms with Gasteiger partial charge in [-0.15, -0.1) is 0 Å². The molecular weight excluding hydrogens is 438 g/mol. The Morgan fingerprint density at radius 1 is 1.06 bits per heavy atom. The third-order valence-electron chi connectivity index (χ3n) is 5.44. The molecule has 0 aliphatic heterocycles. The second kappa shape index (κ2) is 8.80. The summed E-state index contributed by atoms with van der Waals surface area (Å²) in [4.78, 5) is 20.3. The second-order valence-corrected chi connectivity index (χ2v) is 9.39. The Balaban J connectivity index is 1.97. The predicted octanol–water partition coefficient (Wildman–Crippen LogP) is 5.11. The van der Waals surface area contributed by atoms with Gasteiger partial charge < -0.3 is 9.72 Å². The van der Waals surface area contributed by atoms with E-state index in [1.807, 2.05) is 30.3 Å². The molecule has 0 aliphatic rings. The number of nitrogens with one attached hydrogen (secondary N) is 2. The molecule has 7 nitrogen and oxygen atoms in total. The molecule has 0 fully saturated rings. The van der Waals surface area contributed by atoms with Crippen molar-refractivity contribution in [1.29, 1.82) is 0 Å². The highest BCUT2D eigenvalue weighted by Gasteiger charge is 2.25. The zero-order valence-electron chi connectivity index (χ0n) is 18.8. The van der Waals surface area contributed by atoms with E-state index in [9.17, 15) is 9.00 Å². The fourth-order valence-corrected chi connectivity index (χ4v) is 4.19. The van der Waals surface area contributed by atoms with Gasteiger partial charge in [0.2, 0.25) is 0 Å². The highest BCUT2D eigenvalue weighted by Crippen LogP contribution is 2.41. The van der Waals surface area contributed by atoms with E-state index in [1.165, 1.54) is 0 Å². The number of anilines is 1. The lowest BCUT2D eigenvalue weighted by atomic mass is 9.83. The Morgan fingerprint density at radius 3 is 2.39 bits per heavy atom. The summed E-state index contributed by atoms with van der Waals surface area (Å²) in [6.07, 6.45) is 1.61. The van der Waals surface area contributed by atoms with Crippen molar-refractivity contribution in [2.45, 2.75) is 26.2 Å². The van der Waals surface area contributed by atoms with E-state index in [0.717, 1.165) is 27.8 Å². The first-order valence-electron chi connectivity index (χ1n) is 10.4. The first-order valence-corrected chi connectivity index (χ1v) is 11.5. The van der Waals surface area contributed by atoms with Gasteiger partial charge in [0.05, 0.1) is 12.8 Å². The van der Waals surface area contributed by atoms with E-state index in [1.54, 1.807) is 37.6 Å². The minimum atomic E-state index is -2.13. The predicted molar refractivity (Wildman–Crippen MR) is 133 cm³/mol. The number of ether oxygens (including phenoxy) is 1. The van der Waals surface area contributed by atoms with E-state index < -0.39 is 11.3 Å². The number of aromatic nitrogens is 2. The van der Waals surface area contributed by atoms with E-state index in [0.29, 0.717) is 22.5 Å². The summed E-state index contributed by atoms with van der Waals surface area (Å²) in [5.74, 6) is 0.671. The van der Waals surface area contributed by atoms with Crippen LogP contribution < -0.4 is 15.0 Å². The van der Waals surface area contributed by atoms with Crippen LogP contribution >= 0.6 is 0 Å². The van der Waals surface area contributed by atoms with Crippen LogP contribution in [0.3, 0.4) is 0 Å². The number of hydrogen-bond donors (Lipinski definition) is 3. The second-order valence-electron chi connectivity index (χ2n) is 8.69. The lowest BCUT2D eigenvalue weighted by Gasteiger charge is -2.24. The summed E-state index contributed by atoms with van der Waals surface area (Å²) in [6, 6.07) is 16.5. The molecule has 2 aromatic carbocycles. The standard InChI is InChI=1S/C25H25N3O4S/c1-25(2,3)20-14-19(18-6-5-13-26-24(18)29)17-11-12-21(27-22(17)23(20)32-4)15-7-9-16(10-8-15)28-33(30)31/h5-14,28H,1-4H3,(H,26,29)(H,30,31). The molecule has 0 amide bonds. The number of benzene rings is 2. The molecule has 3 N–H and O–H groups in total. The number of methoxy groups -OCH3 is 1. The van der Waals surface area contributed by atoms with E-state index >= 15 is 0 Å². The summed E-state index contributed by atoms with van der Waals surface area (Å²) < 4.78 is 28.3. The molecule has 0 saturated carbocycles. The van der Waals surface area contributed by atoms with E-state index in [2.05, 4.69) is 30.5 Å². The average molecular weight is 464 g/mol. The van der Waals surface area contributed by atoms with Gasteiger partial charge in [-0.3, -0.25) is 14.1 Å². The van der Waals surface area contributed by atoms with Crippen molar-refractivity contribution >= 4 is 27.9 Å². The van der Waals surface area contributed by atoms with Crippen LogP contribution in [0.4, 0.5) is 5.69 Å². The van der Waals surface area contributed by atoms with Crippen LogP contribution in [0.1, 0.15) is 26.3 Å². The summed E-state index contributed by atoms with van der Waals surface area (Å²) in [6.45, 7) is 6.28. The monoisotopic (exact) mass is 463 g/mol. The third kappa shape index (κ3) is 4.53. The highest BCUT2D eigenvalue weighted by molar-refractivity contribution is 7.80. The Morgan fingerprint density at radius 2 is 1.79 bits per heavy atom. The first kappa shape index (κ1) is 22.7. The molecule has 0 saturated heterocycles. The van der Waals surface area contributed by atoms with Gasteiger partial charge in [-0.05, 0) is 53.4 Å². The number of rotatable bonds is 5. The van der Waals surface area contributed by atoms with Crippen LogP contribution in [0.25, 0.3) is 33.3 Å². The minimum absolute atomic E-state index is 0.169. The maximum Gasteiger partial charge on any atom is 0.259 e. The third-order valence-corrected chi connectivity index (χ3v) is 5.85. The molecular formula is C25H25N3O4S. The molecule has 4 aromatic rings. The molecule has 1 atom stereocenters. The maximum atomic E-state index is 12.6. The van der Waals surface area contributed by atoms with Crippen molar-refractivity contribution < 1.29 is 13.5 Å². The maximum absolute atomic E-state index is 12.6. The number of fused-ring (bicyclic) bond motifs is 1. The molecule has 0 aliphatic carbocycles. The molecule has 0 radical (unpaired) electrons. The topological polar surface area (TPSA) is 104 Å². The highest BCUT2D eigenvalue weighted by atomic mass is 32.2. The number of aromatic amines is 1. The van der Waals surface area contributed by atoms with Crippen molar-refractivity contribution in [3.05, 3.63) is 76.7 Å². The van der Waals surface area contributed by atoms with E-state index in [-0.39, 0.29) is 11.0 Å². The first-order chi connectivity index (χ1) is 15.7. The Hall–Kier alpha value is -3.49. The fourth-order valence-electron chi connectivity index (χ4n) is 3.86. The van der Waals surface area contributed by atoms with Crippen LogP contribution in [0.5, 0.6) is 5.75 Å². The Bertz CT molecular complexity index is 1410. The molecule has 170 valence electrons. The van der Waals surface area contributed by atoms with Crippen LogP contribution in [0, 0.1) is 0 Å². The van der Waals surface area contributed by atoms with Crippen LogP contribution in [-0.4, -0.2) is 25.8 Å². The minimum Gasteiger partial charge on any atom is -0.494 e. The summed E-state index contributed by atoms with van der Waals surface area (Å²) in [7, 11) is 1.63. The van der Waals surface area contributed by atoms with Crippen molar-refractivity contribution in [3.8, 4) is 28.1 Å². The van der Waals surface area contributed by atoms with Gasteiger partial charge in [-0.2, -0.15) is 0 Å². The molecule has 0 spiro atoms. The van der Waals surface area contributed by atoms with Crippen molar-refractivity contribution in [2.75, 3.05) is 11.8 Å². The Kier molecular flexibility index (Phi) is 6.05. The molecule has 8 heteroatoms. The van der Waals surface area contributed by atoms with Gasteiger partial charge in [0.15, 0.2) is 0 Å². The van der Waals surface area contributed by atoms with Gasteiger partial charge in [0, 0.05) is 34.0 Å². The molecule has 4 rings (SSSR count). The zero-order chi connectivity index (χ0) is 23.8. The fraction of sp³-hybridized carbons (Fsp3) is 0.200. The van der Waals surface area contributed by atoms with Crippen molar-refractivity contribution in [1.82, 2.24) is 9.97 Å². The number of nitrogens with zero attached hydrogens (tertiary/aromatic N) is 1. The van der Waals surface area contributed by atoms with Crippen LogP contribution in [0.2, 0.25) is 0 Å². The van der Waals surface area contributed by atoms with Crippen LogP contribution in [-0.2, 0) is 16.7 Å².